The van der Waals surface area contributed by atoms with Crippen molar-refractivity contribution in [2.75, 3.05) is 11.8 Å². The molecule has 0 radical (unpaired) electrons. The molecule has 0 unspecified atom stereocenters. The van der Waals surface area contributed by atoms with Crippen molar-refractivity contribution in [3.05, 3.63) is 29.8 Å². The third-order valence-electron chi connectivity index (χ3n) is 2.13. The van der Waals surface area contributed by atoms with E-state index in [0.717, 1.165) is 13.2 Å². The molecule has 0 bridgehead atoms. The Morgan fingerprint density at radius 2 is 1.89 bits per heavy atom. The van der Waals surface area contributed by atoms with E-state index in [1.165, 1.54) is 22.9 Å². The molecule has 1 aromatic rings. The van der Waals surface area contributed by atoms with Crippen LogP contribution in [0.2, 0.25) is 0 Å². The number of methoxy groups -OCH3 is 1. The van der Waals surface area contributed by atoms with Crippen molar-refractivity contribution in [2.45, 2.75) is 11.9 Å². The average molecular weight is 297 g/mol. The first kappa shape index (κ1) is 15.3. The highest BCUT2D eigenvalue weighted by molar-refractivity contribution is 7.93. The molecule has 0 fully saturated rings. The standard InChI is InChI=1S/C10H10F3NO4S/c1-18-9(15)6-7-4-2-3-5-8(7)14-19(16,17)10(11,12)13/h2-5,14H,6H2,1H3. The summed E-state index contributed by atoms with van der Waals surface area (Å²) in [5.74, 6) is -0.696. The van der Waals surface area contributed by atoms with Crippen LogP contribution in [-0.2, 0) is 26.0 Å². The first-order chi connectivity index (χ1) is 8.67. The minimum absolute atomic E-state index is 0.0853. The topological polar surface area (TPSA) is 72.5 Å². The minimum atomic E-state index is -5.52. The molecule has 1 N–H and O–H groups in total. The van der Waals surface area contributed by atoms with Gasteiger partial charge in [0.05, 0.1) is 19.2 Å². The highest BCUT2D eigenvalue weighted by Crippen LogP contribution is 2.27. The molecule has 106 valence electrons. The summed E-state index contributed by atoms with van der Waals surface area (Å²) < 4.78 is 64.4. The molecule has 1 rings (SSSR count). The Balaban J connectivity index is 3.06. The highest BCUT2D eigenvalue weighted by atomic mass is 32.2. The first-order valence-corrected chi connectivity index (χ1v) is 6.39. The number of sulfonamides is 1. The number of para-hydroxylation sites is 1. The van der Waals surface area contributed by atoms with Gasteiger partial charge in [-0.3, -0.25) is 9.52 Å². The molecule has 0 aliphatic rings. The van der Waals surface area contributed by atoms with E-state index in [-0.39, 0.29) is 17.7 Å². The third kappa shape index (κ3) is 3.85. The lowest BCUT2D eigenvalue weighted by Crippen LogP contribution is -2.30. The van der Waals surface area contributed by atoms with Gasteiger partial charge in [0.1, 0.15) is 0 Å². The summed E-state index contributed by atoms with van der Waals surface area (Å²) >= 11 is 0. The Kier molecular flexibility index (Phi) is 4.40. The molecule has 0 aliphatic heterocycles. The predicted octanol–water partition coefficient (Wildman–Crippen LogP) is 1.66. The molecule has 0 aliphatic carbocycles. The number of hydrogen-bond donors (Lipinski definition) is 1. The number of esters is 1. The summed E-state index contributed by atoms with van der Waals surface area (Å²) in [7, 11) is -4.40. The van der Waals surface area contributed by atoms with Crippen LogP contribution in [0.1, 0.15) is 5.56 Å². The van der Waals surface area contributed by atoms with Crippen molar-refractivity contribution >= 4 is 21.7 Å². The third-order valence-corrected chi connectivity index (χ3v) is 3.23. The molecule has 0 saturated carbocycles. The van der Waals surface area contributed by atoms with E-state index < -0.39 is 21.5 Å². The molecule has 0 heterocycles. The van der Waals surface area contributed by atoms with Gasteiger partial charge in [0.25, 0.3) is 0 Å². The number of benzene rings is 1. The highest BCUT2D eigenvalue weighted by Gasteiger charge is 2.46. The molecule has 0 spiro atoms. The fraction of sp³-hybridized carbons (Fsp3) is 0.300. The summed E-state index contributed by atoms with van der Waals surface area (Å²) in [5, 5.41) is 0. The quantitative estimate of drug-likeness (QED) is 0.858. The van der Waals surface area contributed by atoms with Crippen LogP contribution >= 0.6 is 0 Å². The zero-order valence-electron chi connectivity index (χ0n) is 9.69. The number of carbonyl (C=O) groups excluding carboxylic acids is 1. The summed E-state index contributed by atoms with van der Waals surface area (Å²) in [6.07, 6.45) is -0.340. The maximum absolute atomic E-state index is 12.2. The molecule has 1 aromatic carbocycles. The molecule has 5 nitrogen and oxygen atoms in total. The number of anilines is 1. The predicted molar refractivity (Wildman–Crippen MR) is 60.8 cm³/mol. The summed E-state index contributed by atoms with van der Waals surface area (Å²) in [4.78, 5) is 11.1. The fourth-order valence-corrected chi connectivity index (χ4v) is 1.81. The number of rotatable bonds is 4. The lowest BCUT2D eigenvalue weighted by atomic mass is 10.1. The lowest BCUT2D eigenvalue weighted by Gasteiger charge is -2.13. The van der Waals surface area contributed by atoms with Crippen LogP contribution in [0.5, 0.6) is 0 Å². The van der Waals surface area contributed by atoms with E-state index >= 15 is 0 Å². The van der Waals surface area contributed by atoms with Gasteiger partial charge in [-0.2, -0.15) is 21.6 Å². The Morgan fingerprint density at radius 1 is 1.32 bits per heavy atom. The van der Waals surface area contributed by atoms with Crippen molar-refractivity contribution in [2.24, 2.45) is 0 Å². The zero-order valence-corrected chi connectivity index (χ0v) is 10.5. The van der Waals surface area contributed by atoms with E-state index in [2.05, 4.69) is 4.74 Å². The van der Waals surface area contributed by atoms with Crippen molar-refractivity contribution in [3.8, 4) is 0 Å². The first-order valence-electron chi connectivity index (χ1n) is 4.91. The average Bonchev–Trinajstić information content (AvgIpc) is 2.29. The summed E-state index contributed by atoms with van der Waals surface area (Å²) in [6.45, 7) is 0. The van der Waals surface area contributed by atoms with Gasteiger partial charge in [-0.25, -0.2) is 0 Å². The maximum Gasteiger partial charge on any atom is 0.516 e. The second kappa shape index (κ2) is 5.47. The van der Waals surface area contributed by atoms with E-state index in [4.69, 9.17) is 0 Å². The van der Waals surface area contributed by atoms with Gasteiger partial charge in [0.15, 0.2) is 0 Å². The molecule has 0 aromatic heterocycles. The van der Waals surface area contributed by atoms with Gasteiger partial charge in [-0.1, -0.05) is 18.2 Å². The summed E-state index contributed by atoms with van der Waals surface area (Å²) in [6, 6.07) is 5.26. The van der Waals surface area contributed by atoms with Crippen molar-refractivity contribution in [3.63, 3.8) is 0 Å². The van der Waals surface area contributed by atoms with E-state index in [1.807, 2.05) is 0 Å². The Morgan fingerprint density at radius 3 is 2.42 bits per heavy atom. The molecule has 9 heteroatoms. The van der Waals surface area contributed by atoms with E-state index in [9.17, 15) is 26.4 Å². The Hall–Kier alpha value is -1.77. The van der Waals surface area contributed by atoms with E-state index in [0.29, 0.717) is 0 Å². The molecular weight excluding hydrogens is 287 g/mol. The molecule has 0 amide bonds. The van der Waals surface area contributed by atoms with Crippen molar-refractivity contribution < 1.29 is 31.1 Å². The second-order valence-electron chi connectivity index (χ2n) is 3.46. The van der Waals surface area contributed by atoms with Gasteiger partial charge in [0.2, 0.25) is 0 Å². The van der Waals surface area contributed by atoms with Crippen LogP contribution in [0.3, 0.4) is 0 Å². The van der Waals surface area contributed by atoms with Crippen LogP contribution in [0.25, 0.3) is 0 Å². The molecule has 19 heavy (non-hydrogen) atoms. The van der Waals surface area contributed by atoms with Crippen LogP contribution < -0.4 is 4.72 Å². The largest absolute Gasteiger partial charge is 0.516 e. The lowest BCUT2D eigenvalue weighted by molar-refractivity contribution is -0.139. The van der Waals surface area contributed by atoms with Gasteiger partial charge in [0, 0.05) is 0 Å². The van der Waals surface area contributed by atoms with Gasteiger partial charge >= 0.3 is 21.5 Å². The van der Waals surface area contributed by atoms with Crippen LogP contribution in [0, 0.1) is 0 Å². The number of carbonyl (C=O) groups is 1. The Labute approximate surface area is 107 Å². The van der Waals surface area contributed by atoms with Gasteiger partial charge in [-0.15, -0.1) is 0 Å². The fourth-order valence-electron chi connectivity index (χ4n) is 1.20. The molecule has 0 saturated heterocycles. The number of halogens is 3. The van der Waals surface area contributed by atoms with E-state index in [1.54, 1.807) is 0 Å². The minimum Gasteiger partial charge on any atom is -0.469 e. The number of ether oxygens (including phenoxy) is 1. The maximum atomic E-state index is 12.2. The van der Waals surface area contributed by atoms with Crippen LogP contribution in [0.15, 0.2) is 24.3 Å². The van der Waals surface area contributed by atoms with Gasteiger partial charge < -0.3 is 4.74 Å². The second-order valence-corrected chi connectivity index (χ2v) is 5.14. The molecular formula is C10H10F3NO4S. The number of alkyl halides is 3. The van der Waals surface area contributed by atoms with Gasteiger partial charge in [-0.05, 0) is 11.6 Å². The number of hydrogen-bond acceptors (Lipinski definition) is 4. The normalized spacial score (nSPS) is 12.0. The van der Waals surface area contributed by atoms with Crippen LogP contribution in [-0.4, -0.2) is 27.0 Å². The Bertz CT molecular complexity index is 568. The molecule has 0 atom stereocenters. The van der Waals surface area contributed by atoms with Crippen LogP contribution in [0.4, 0.5) is 18.9 Å². The zero-order chi connectivity index (χ0) is 14.7. The SMILES string of the molecule is COC(=O)Cc1ccccc1NS(=O)(=O)C(F)(F)F. The van der Waals surface area contributed by atoms with Crippen molar-refractivity contribution in [1.29, 1.82) is 0 Å². The number of nitrogens with one attached hydrogen (secondary N) is 1. The van der Waals surface area contributed by atoms with Crippen molar-refractivity contribution in [1.82, 2.24) is 0 Å². The summed E-state index contributed by atoms with van der Waals surface area (Å²) in [5.41, 5.74) is -5.65. The monoisotopic (exact) mass is 297 g/mol. The smallest absolute Gasteiger partial charge is 0.469 e.